The van der Waals surface area contributed by atoms with Crippen LogP contribution in [0.1, 0.15) is 25.8 Å². The fourth-order valence-electron chi connectivity index (χ4n) is 1.80. The van der Waals surface area contributed by atoms with Crippen LogP contribution in [-0.4, -0.2) is 32.2 Å². The van der Waals surface area contributed by atoms with Crippen LogP contribution in [0.4, 0.5) is 0 Å². The van der Waals surface area contributed by atoms with Gasteiger partial charge in [-0.05, 0) is 37.5 Å². The minimum atomic E-state index is -0.148. The van der Waals surface area contributed by atoms with Gasteiger partial charge in [-0.2, -0.15) is 0 Å². The summed E-state index contributed by atoms with van der Waals surface area (Å²) in [4.78, 5) is 11.4. The number of amides is 1. The van der Waals surface area contributed by atoms with Gasteiger partial charge in [0.15, 0.2) is 18.1 Å². The third kappa shape index (κ3) is 5.09. The molecule has 1 rings (SSSR count). The smallest absolute Gasteiger partial charge is 0.257 e. The molecule has 5 nitrogen and oxygen atoms in total. The van der Waals surface area contributed by atoms with E-state index in [1.54, 1.807) is 7.11 Å². The third-order valence-corrected chi connectivity index (χ3v) is 2.98. The van der Waals surface area contributed by atoms with Gasteiger partial charge < -0.3 is 20.5 Å². The Balaban J connectivity index is 2.75. The van der Waals surface area contributed by atoms with E-state index in [0.29, 0.717) is 18.0 Å². The number of methoxy groups -OCH3 is 1. The Bertz CT molecular complexity index is 435. The monoisotopic (exact) mass is 280 g/mol. The summed E-state index contributed by atoms with van der Waals surface area (Å²) >= 11 is 0. The topological polar surface area (TPSA) is 73.6 Å². The zero-order valence-corrected chi connectivity index (χ0v) is 12.4. The summed E-state index contributed by atoms with van der Waals surface area (Å²) in [5.74, 6) is 1.04. The largest absolute Gasteiger partial charge is 0.493 e. The summed E-state index contributed by atoms with van der Waals surface area (Å²) in [6, 6.07) is 5.81. The molecule has 3 N–H and O–H groups in total. The number of nitrogens with one attached hydrogen (secondary N) is 1. The summed E-state index contributed by atoms with van der Waals surface area (Å²) in [5.41, 5.74) is 7.03. The molecule has 0 heterocycles. The molecule has 0 spiro atoms. The number of rotatable bonds is 8. The molecule has 112 valence electrons. The Labute approximate surface area is 120 Å². The van der Waals surface area contributed by atoms with E-state index in [4.69, 9.17) is 15.2 Å². The number of likely N-dealkylation sites (N-methyl/N-ethyl adjacent to an activating group) is 1. The van der Waals surface area contributed by atoms with Crippen LogP contribution in [-0.2, 0) is 11.2 Å². The fourth-order valence-corrected chi connectivity index (χ4v) is 1.80. The van der Waals surface area contributed by atoms with Gasteiger partial charge in [0, 0.05) is 12.6 Å². The lowest BCUT2D eigenvalue weighted by Crippen LogP contribution is -2.28. The van der Waals surface area contributed by atoms with Crippen molar-refractivity contribution >= 4 is 5.91 Å². The van der Waals surface area contributed by atoms with Crippen LogP contribution in [0.3, 0.4) is 0 Å². The zero-order chi connectivity index (χ0) is 15.0. The predicted molar refractivity (Wildman–Crippen MR) is 79.1 cm³/mol. The average molecular weight is 280 g/mol. The molecule has 5 heteroatoms. The number of hydrogen-bond donors (Lipinski definition) is 2. The predicted octanol–water partition coefficient (Wildman–Crippen LogP) is 1.49. The minimum Gasteiger partial charge on any atom is -0.493 e. The zero-order valence-electron chi connectivity index (χ0n) is 12.4. The van der Waals surface area contributed by atoms with Gasteiger partial charge in [0.25, 0.3) is 5.91 Å². The normalized spacial score (nSPS) is 11.8. The second-order valence-electron chi connectivity index (χ2n) is 4.60. The fraction of sp³-hybridized carbons (Fsp3) is 0.533. The molecule has 1 atom stereocenters. The highest BCUT2D eigenvalue weighted by molar-refractivity contribution is 5.77. The summed E-state index contributed by atoms with van der Waals surface area (Å²) in [5, 5.41) is 2.68. The molecule has 1 unspecified atom stereocenters. The number of benzene rings is 1. The molecule has 0 saturated carbocycles. The van der Waals surface area contributed by atoms with E-state index in [1.807, 2.05) is 25.1 Å². The Kier molecular flexibility index (Phi) is 6.87. The highest BCUT2D eigenvalue weighted by Gasteiger charge is 2.10. The highest BCUT2D eigenvalue weighted by atomic mass is 16.5. The van der Waals surface area contributed by atoms with Crippen LogP contribution in [0, 0.1) is 0 Å². The molecule has 0 saturated heterocycles. The van der Waals surface area contributed by atoms with Crippen molar-refractivity contribution in [3.8, 4) is 11.5 Å². The Morgan fingerprint density at radius 3 is 2.70 bits per heavy atom. The molecule has 1 aromatic rings. The van der Waals surface area contributed by atoms with E-state index in [2.05, 4.69) is 12.2 Å². The van der Waals surface area contributed by atoms with Crippen molar-refractivity contribution in [3.05, 3.63) is 23.8 Å². The van der Waals surface area contributed by atoms with Crippen molar-refractivity contribution < 1.29 is 14.3 Å². The first-order chi connectivity index (χ1) is 9.60. The molecular formula is C15H24N2O3. The molecule has 0 aliphatic heterocycles. The maximum atomic E-state index is 11.4. The van der Waals surface area contributed by atoms with Crippen LogP contribution in [0.15, 0.2) is 18.2 Å². The molecule has 0 aliphatic carbocycles. The quantitative estimate of drug-likeness (QED) is 0.756. The molecule has 1 amide bonds. The Hall–Kier alpha value is -1.75. The highest BCUT2D eigenvalue weighted by Crippen LogP contribution is 2.28. The minimum absolute atomic E-state index is 0.0204. The van der Waals surface area contributed by atoms with E-state index in [0.717, 1.165) is 18.4 Å². The van der Waals surface area contributed by atoms with E-state index in [9.17, 15) is 4.79 Å². The van der Waals surface area contributed by atoms with Crippen molar-refractivity contribution in [1.82, 2.24) is 5.32 Å². The first-order valence-corrected chi connectivity index (χ1v) is 6.92. The van der Waals surface area contributed by atoms with Crippen molar-refractivity contribution in [1.29, 1.82) is 0 Å². The van der Waals surface area contributed by atoms with Gasteiger partial charge in [0.1, 0.15) is 0 Å². The van der Waals surface area contributed by atoms with Crippen LogP contribution < -0.4 is 20.5 Å². The van der Waals surface area contributed by atoms with Gasteiger partial charge in [0.05, 0.1) is 7.11 Å². The van der Waals surface area contributed by atoms with Gasteiger partial charge >= 0.3 is 0 Å². The molecule has 0 bridgehead atoms. The summed E-state index contributed by atoms with van der Waals surface area (Å²) in [6.07, 6.45) is 1.69. The van der Waals surface area contributed by atoms with Crippen LogP contribution in [0.25, 0.3) is 0 Å². The molecule has 20 heavy (non-hydrogen) atoms. The molecule has 0 radical (unpaired) electrons. The Morgan fingerprint density at radius 1 is 1.35 bits per heavy atom. The maximum Gasteiger partial charge on any atom is 0.257 e. The first-order valence-electron chi connectivity index (χ1n) is 6.92. The van der Waals surface area contributed by atoms with Crippen LogP contribution >= 0.6 is 0 Å². The van der Waals surface area contributed by atoms with Gasteiger partial charge in [-0.25, -0.2) is 0 Å². The summed E-state index contributed by atoms with van der Waals surface area (Å²) < 4.78 is 10.8. The van der Waals surface area contributed by atoms with E-state index < -0.39 is 0 Å². The van der Waals surface area contributed by atoms with Crippen LogP contribution in [0.5, 0.6) is 11.5 Å². The lowest BCUT2D eigenvalue weighted by molar-refractivity contribution is -0.123. The molecule has 0 aromatic heterocycles. The van der Waals surface area contributed by atoms with Crippen molar-refractivity contribution in [2.75, 3.05) is 20.3 Å². The van der Waals surface area contributed by atoms with Crippen molar-refractivity contribution in [2.45, 2.75) is 32.7 Å². The number of hydrogen-bond acceptors (Lipinski definition) is 4. The molecular weight excluding hydrogens is 256 g/mol. The van der Waals surface area contributed by atoms with E-state index in [1.165, 1.54) is 0 Å². The second kappa shape index (κ2) is 8.43. The Morgan fingerprint density at radius 2 is 2.10 bits per heavy atom. The van der Waals surface area contributed by atoms with Crippen molar-refractivity contribution in [2.24, 2.45) is 5.73 Å². The molecule has 1 aromatic carbocycles. The molecule has 0 aliphatic rings. The van der Waals surface area contributed by atoms with Gasteiger partial charge in [-0.3, -0.25) is 4.79 Å². The second-order valence-corrected chi connectivity index (χ2v) is 4.60. The van der Waals surface area contributed by atoms with Crippen LogP contribution in [0.2, 0.25) is 0 Å². The lowest BCUT2D eigenvalue weighted by Gasteiger charge is -2.14. The molecule has 0 fully saturated rings. The summed E-state index contributed by atoms with van der Waals surface area (Å²) in [6.45, 7) is 4.49. The van der Waals surface area contributed by atoms with Gasteiger partial charge in [-0.15, -0.1) is 0 Å². The average Bonchev–Trinajstić information content (AvgIpc) is 2.45. The van der Waals surface area contributed by atoms with E-state index in [-0.39, 0.29) is 18.6 Å². The lowest BCUT2D eigenvalue weighted by atomic mass is 10.0. The standard InChI is InChI=1S/C15H24N2O3/c1-4-12(16)8-11-6-7-13(19-3)14(9-11)20-10-15(18)17-5-2/h6-7,9,12H,4-5,8,10,16H2,1-3H3,(H,17,18). The van der Waals surface area contributed by atoms with Crippen molar-refractivity contribution in [3.63, 3.8) is 0 Å². The van der Waals surface area contributed by atoms with Gasteiger partial charge in [-0.1, -0.05) is 13.0 Å². The third-order valence-electron chi connectivity index (χ3n) is 2.98. The number of nitrogens with two attached hydrogens (primary N) is 1. The maximum absolute atomic E-state index is 11.4. The SMILES string of the molecule is CCNC(=O)COc1cc(CC(N)CC)ccc1OC. The van der Waals surface area contributed by atoms with E-state index >= 15 is 0 Å². The summed E-state index contributed by atoms with van der Waals surface area (Å²) in [7, 11) is 1.58. The number of ether oxygens (including phenoxy) is 2. The number of carbonyl (C=O) groups excluding carboxylic acids is 1. The number of carbonyl (C=O) groups is 1. The van der Waals surface area contributed by atoms with Gasteiger partial charge in [0.2, 0.25) is 0 Å². The first kappa shape index (κ1) is 16.3.